The Morgan fingerprint density at radius 2 is 0.806 bits per heavy atom. The number of aromatic carboxylic acids is 3. The smallest absolute Gasteiger partial charge is 0.543 e. The first-order chi connectivity index (χ1) is 14.1. The molecule has 31 heavy (non-hydrogen) atoms. The Morgan fingerprint density at radius 3 is 0.935 bits per heavy atom. The van der Waals surface area contributed by atoms with E-state index in [2.05, 4.69) is 15.0 Å². The van der Waals surface area contributed by atoms with Crippen LogP contribution in [-0.4, -0.2) is 32.9 Å². The van der Waals surface area contributed by atoms with Crippen LogP contribution in [0.2, 0.25) is 0 Å². The van der Waals surface area contributed by atoms with Gasteiger partial charge in [0.25, 0.3) is 0 Å². The second-order valence-corrected chi connectivity index (χ2v) is 5.19. The van der Waals surface area contributed by atoms with E-state index in [0.29, 0.717) is 0 Å². The summed E-state index contributed by atoms with van der Waals surface area (Å²) in [6.45, 7) is 0. The van der Waals surface area contributed by atoms with E-state index < -0.39 is 17.9 Å². The van der Waals surface area contributed by atoms with Crippen LogP contribution in [0, 0.1) is 0 Å². The molecule has 0 aliphatic carbocycles. The molecule has 0 fully saturated rings. The zero-order chi connectivity index (χ0) is 22.7. The maximum absolute atomic E-state index is 10.2. The van der Waals surface area contributed by atoms with Crippen molar-refractivity contribution >= 4 is 35.0 Å². The molecule has 0 radical (unpaired) electrons. The number of aromatic nitrogens is 3. The van der Waals surface area contributed by atoms with Gasteiger partial charge in [-0.1, -0.05) is 0 Å². The largest absolute Gasteiger partial charge is 3.00 e. The van der Waals surface area contributed by atoms with Gasteiger partial charge >= 0.3 is 25.8 Å². The van der Waals surface area contributed by atoms with Crippen LogP contribution in [0.15, 0.2) is 55.0 Å². The third-order valence-corrected chi connectivity index (χ3v) is 3.10. The second-order valence-electron chi connectivity index (χ2n) is 5.19. The van der Waals surface area contributed by atoms with E-state index in [1.807, 2.05) is 0 Å². The Hall–Kier alpha value is -3.87. The van der Waals surface area contributed by atoms with Crippen molar-refractivity contribution in [2.24, 2.45) is 0 Å². The SMILES string of the molecule is Nc1cccnc1C(=O)[O-].Nc1cccnc1C(=O)[O-].Nc1cccnc1C(=O)[O-].[Sc+3]. The second kappa shape index (κ2) is 13.4. The van der Waals surface area contributed by atoms with Crippen molar-refractivity contribution in [2.75, 3.05) is 17.2 Å². The number of carboxylic acid groups (broad SMARTS) is 3. The van der Waals surface area contributed by atoms with Gasteiger partial charge in [0.05, 0.1) is 35.0 Å². The van der Waals surface area contributed by atoms with Crippen molar-refractivity contribution in [3.63, 3.8) is 0 Å². The van der Waals surface area contributed by atoms with Crippen LogP contribution in [0.1, 0.15) is 31.5 Å². The summed E-state index contributed by atoms with van der Waals surface area (Å²) in [6, 6.07) is 9.04. The van der Waals surface area contributed by atoms with Crippen molar-refractivity contribution < 1.29 is 55.5 Å². The molecule has 3 aromatic rings. The molecule has 0 spiro atoms. The maximum atomic E-state index is 10.2. The summed E-state index contributed by atoms with van der Waals surface area (Å²) in [6.07, 6.45) is 4.05. The van der Waals surface area contributed by atoms with Crippen LogP contribution in [0.4, 0.5) is 17.1 Å². The minimum atomic E-state index is -1.35. The Kier molecular flexibility index (Phi) is 11.7. The van der Waals surface area contributed by atoms with E-state index in [4.69, 9.17) is 17.2 Å². The van der Waals surface area contributed by atoms with Crippen molar-refractivity contribution in [1.82, 2.24) is 15.0 Å². The van der Waals surface area contributed by atoms with E-state index in [1.54, 1.807) is 18.2 Å². The molecular formula is C18H15N6O6Sc. The van der Waals surface area contributed by atoms with Crippen LogP contribution < -0.4 is 32.5 Å². The number of carbonyl (C=O) groups is 3. The van der Waals surface area contributed by atoms with E-state index in [-0.39, 0.29) is 60.0 Å². The standard InChI is InChI=1S/3C6H6N2O2.Sc/c3*7-4-2-1-3-8-5(4)6(9)10;/h3*1-3H,7H2,(H,9,10);/q;;;+3/p-3. The van der Waals surface area contributed by atoms with Gasteiger partial charge in [0.2, 0.25) is 0 Å². The third kappa shape index (κ3) is 8.99. The molecule has 156 valence electrons. The minimum absolute atomic E-state index is 0. The number of nitrogens with zero attached hydrogens (tertiary/aromatic N) is 3. The summed E-state index contributed by atoms with van der Waals surface area (Å²) >= 11 is 0. The molecule has 0 aliphatic rings. The molecule has 0 saturated carbocycles. The van der Waals surface area contributed by atoms with Crippen molar-refractivity contribution in [2.45, 2.75) is 0 Å². The molecule has 12 nitrogen and oxygen atoms in total. The number of carboxylic acids is 3. The normalized spacial score (nSPS) is 8.90. The summed E-state index contributed by atoms with van der Waals surface area (Å²) in [5.41, 5.74) is 15.5. The zero-order valence-electron chi connectivity index (χ0n) is 15.8. The molecular weight excluding hydrogens is 441 g/mol. The summed E-state index contributed by atoms with van der Waals surface area (Å²) in [5, 5.41) is 30.5. The predicted molar refractivity (Wildman–Crippen MR) is 98.9 cm³/mol. The number of nitrogens with two attached hydrogens (primary N) is 3. The van der Waals surface area contributed by atoms with Gasteiger partial charge in [-0.15, -0.1) is 0 Å². The van der Waals surface area contributed by atoms with Crippen LogP contribution in [0.25, 0.3) is 0 Å². The summed E-state index contributed by atoms with van der Waals surface area (Å²) in [5.74, 6) is -4.05. The van der Waals surface area contributed by atoms with Crippen molar-refractivity contribution in [3.8, 4) is 0 Å². The topological polar surface area (TPSA) is 237 Å². The van der Waals surface area contributed by atoms with Gasteiger partial charge in [-0.05, 0) is 36.4 Å². The van der Waals surface area contributed by atoms with E-state index in [0.717, 1.165) is 0 Å². The molecule has 0 aromatic carbocycles. The van der Waals surface area contributed by atoms with E-state index >= 15 is 0 Å². The summed E-state index contributed by atoms with van der Waals surface area (Å²) in [7, 11) is 0. The number of hydrogen-bond donors (Lipinski definition) is 3. The molecule has 0 saturated heterocycles. The van der Waals surface area contributed by atoms with Gasteiger partial charge in [0, 0.05) is 18.6 Å². The van der Waals surface area contributed by atoms with Gasteiger partial charge < -0.3 is 46.9 Å². The van der Waals surface area contributed by atoms with Gasteiger partial charge in [0.15, 0.2) is 0 Å². The fourth-order valence-electron chi connectivity index (χ4n) is 1.76. The Bertz CT molecular complexity index is 917. The first-order valence-electron chi connectivity index (χ1n) is 7.90. The Labute approximate surface area is 194 Å². The first kappa shape index (κ1) is 27.1. The Morgan fingerprint density at radius 1 is 0.581 bits per heavy atom. The van der Waals surface area contributed by atoms with Crippen LogP contribution in [0.5, 0.6) is 0 Å². The number of carbonyl (C=O) groups excluding carboxylic acids is 3. The first-order valence-corrected chi connectivity index (χ1v) is 7.90. The van der Waals surface area contributed by atoms with Crippen molar-refractivity contribution in [3.05, 3.63) is 72.1 Å². The molecule has 3 rings (SSSR count). The van der Waals surface area contributed by atoms with Crippen molar-refractivity contribution in [1.29, 1.82) is 0 Å². The summed E-state index contributed by atoms with van der Waals surface area (Å²) in [4.78, 5) is 41.0. The average Bonchev–Trinajstić information content (AvgIpc) is 2.69. The van der Waals surface area contributed by atoms with Crippen LogP contribution in [-0.2, 0) is 25.8 Å². The number of nitrogen functional groups attached to an aromatic ring is 3. The number of hydrogen-bond acceptors (Lipinski definition) is 12. The molecule has 0 unspecified atom stereocenters. The number of pyridine rings is 3. The van der Waals surface area contributed by atoms with Gasteiger partial charge in [-0.25, -0.2) is 0 Å². The molecule has 0 amide bonds. The molecule has 3 aromatic heterocycles. The molecule has 6 N–H and O–H groups in total. The average molecular weight is 456 g/mol. The molecule has 0 aliphatic heterocycles. The third-order valence-electron chi connectivity index (χ3n) is 3.10. The van der Waals surface area contributed by atoms with Gasteiger partial charge in [-0.3, -0.25) is 15.0 Å². The van der Waals surface area contributed by atoms with Gasteiger partial charge in [-0.2, -0.15) is 0 Å². The van der Waals surface area contributed by atoms with E-state index in [9.17, 15) is 29.7 Å². The molecule has 0 bridgehead atoms. The monoisotopic (exact) mass is 456 g/mol. The van der Waals surface area contributed by atoms with Crippen LogP contribution in [0.3, 0.4) is 0 Å². The zero-order valence-corrected chi connectivity index (χ0v) is 17.6. The fraction of sp³-hybridized carbons (Fsp3) is 0. The fourth-order valence-corrected chi connectivity index (χ4v) is 1.76. The van der Waals surface area contributed by atoms with Gasteiger partial charge in [0.1, 0.15) is 17.1 Å². The quantitative estimate of drug-likeness (QED) is 0.359. The van der Waals surface area contributed by atoms with E-state index in [1.165, 1.54) is 36.8 Å². The number of anilines is 3. The minimum Gasteiger partial charge on any atom is -0.543 e. The maximum Gasteiger partial charge on any atom is 3.00 e. The molecule has 3 heterocycles. The Balaban J connectivity index is 0.000000429. The summed E-state index contributed by atoms with van der Waals surface area (Å²) < 4.78 is 0. The predicted octanol–water partition coefficient (Wildman–Crippen LogP) is -2.92. The molecule has 13 heteroatoms. The molecule has 0 atom stereocenters. The number of rotatable bonds is 3. The van der Waals surface area contributed by atoms with Crippen LogP contribution >= 0.6 is 0 Å².